The number of nitrogens with zero attached hydrogens (tertiary/aromatic N) is 2. The summed E-state index contributed by atoms with van der Waals surface area (Å²) in [5.41, 5.74) is 0.282. The van der Waals surface area contributed by atoms with E-state index in [2.05, 4.69) is 20.9 Å². The summed E-state index contributed by atoms with van der Waals surface area (Å²) in [7, 11) is 0. The van der Waals surface area contributed by atoms with E-state index in [4.69, 9.17) is 10.2 Å². The number of aliphatic hydroxyl groups is 2. The predicted octanol–water partition coefficient (Wildman–Crippen LogP) is 0.271. The first kappa shape index (κ1) is 13.1. The van der Waals surface area contributed by atoms with E-state index in [0.717, 1.165) is 0 Å². The second kappa shape index (κ2) is 6.57. The van der Waals surface area contributed by atoms with Crippen LogP contribution in [0.15, 0.2) is 22.8 Å². The van der Waals surface area contributed by atoms with Gasteiger partial charge in [0.2, 0.25) is 0 Å². The first-order valence-electron chi connectivity index (χ1n) is 4.82. The van der Waals surface area contributed by atoms with Crippen molar-refractivity contribution in [2.24, 2.45) is 0 Å². The van der Waals surface area contributed by atoms with Crippen LogP contribution < -0.4 is 0 Å². The lowest BCUT2D eigenvalue weighted by Gasteiger charge is -2.20. The molecule has 1 rings (SSSR count). The summed E-state index contributed by atoms with van der Waals surface area (Å²) in [4.78, 5) is 17.3. The van der Waals surface area contributed by atoms with Gasteiger partial charge in [0.1, 0.15) is 5.69 Å². The molecular formula is C10H13BrN2O3. The highest BCUT2D eigenvalue weighted by Gasteiger charge is 2.18. The van der Waals surface area contributed by atoms with Gasteiger partial charge in [0, 0.05) is 23.8 Å². The SMILES string of the molecule is O=C(c1ncccc1Br)N(CCO)CCO. The summed E-state index contributed by atoms with van der Waals surface area (Å²) < 4.78 is 0.598. The number of amides is 1. The van der Waals surface area contributed by atoms with E-state index >= 15 is 0 Å². The van der Waals surface area contributed by atoms with E-state index in [1.54, 1.807) is 12.1 Å². The Bertz CT molecular complexity index is 354. The van der Waals surface area contributed by atoms with Gasteiger partial charge in [0.15, 0.2) is 0 Å². The first-order valence-corrected chi connectivity index (χ1v) is 5.61. The van der Waals surface area contributed by atoms with E-state index < -0.39 is 0 Å². The van der Waals surface area contributed by atoms with Crippen LogP contribution in [0.3, 0.4) is 0 Å². The molecule has 88 valence electrons. The molecule has 0 bridgehead atoms. The molecule has 0 spiro atoms. The Labute approximate surface area is 102 Å². The number of hydrogen-bond acceptors (Lipinski definition) is 4. The van der Waals surface area contributed by atoms with Crippen molar-refractivity contribution in [2.75, 3.05) is 26.3 Å². The van der Waals surface area contributed by atoms with Crippen molar-refractivity contribution in [3.63, 3.8) is 0 Å². The van der Waals surface area contributed by atoms with Crippen molar-refractivity contribution in [1.82, 2.24) is 9.88 Å². The van der Waals surface area contributed by atoms with Gasteiger partial charge < -0.3 is 15.1 Å². The second-order valence-corrected chi connectivity index (χ2v) is 3.93. The van der Waals surface area contributed by atoms with Gasteiger partial charge in [-0.2, -0.15) is 0 Å². The van der Waals surface area contributed by atoms with Crippen molar-refractivity contribution >= 4 is 21.8 Å². The molecule has 0 unspecified atom stereocenters. The van der Waals surface area contributed by atoms with Gasteiger partial charge in [0.05, 0.1) is 13.2 Å². The average Bonchev–Trinajstić information content (AvgIpc) is 2.28. The summed E-state index contributed by atoms with van der Waals surface area (Å²) in [6.45, 7) is 0.0806. The minimum Gasteiger partial charge on any atom is -0.395 e. The lowest BCUT2D eigenvalue weighted by Crippen LogP contribution is -2.36. The Kier molecular flexibility index (Phi) is 5.37. The molecule has 0 aliphatic carbocycles. The number of halogens is 1. The maximum absolute atomic E-state index is 12.0. The Morgan fingerprint density at radius 2 is 2.00 bits per heavy atom. The van der Waals surface area contributed by atoms with Gasteiger partial charge in [-0.1, -0.05) is 0 Å². The van der Waals surface area contributed by atoms with Gasteiger partial charge >= 0.3 is 0 Å². The minimum atomic E-state index is -0.310. The van der Waals surface area contributed by atoms with Crippen molar-refractivity contribution < 1.29 is 15.0 Å². The molecule has 6 heteroatoms. The molecule has 0 radical (unpaired) electrons. The summed E-state index contributed by atoms with van der Waals surface area (Å²) in [6.07, 6.45) is 1.52. The second-order valence-electron chi connectivity index (χ2n) is 3.07. The maximum Gasteiger partial charge on any atom is 0.273 e. The zero-order valence-electron chi connectivity index (χ0n) is 8.64. The smallest absolute Gasteiger partial charge is 0.273 e. The minimum absolute atomic E-state index is 0.143. The Morgan fingerprint density at radius 3 is 2.50 bits per heavy atom. The van der Waals surface area contributed by atoms with E-state index in [1.165, 1.54) is 11.1 Å². The zero-order chi connectivity index (χ0) is 12.0. The highest BCUT2D eigenvalue weighted by Crippen LogP contribution is 2.15. The van der Waals surface area contributed by atoms with Crippen LogP contribution >= 0.6 is 15.9 Å². The molecule has 0 fully saturated rings. The highest BCUT2D eigenvalue weighted by molar-refractivity contribution is 9.10. The average molecular weight is 289 g/mol. The summed E-state index contributed by atoms with van der Waals surface area (Å²) in [5, 5.41) is 17.6. The normalized spacial score (nSPS) is 10.2. The van der Waals surface area contributed by atoms with E-state index in [-0.39, 0.29) is 37.9 Å². The number of hydrogen-bond donors (Lipinski definition) is 2. The Morgan fingerprint density at radius 1 is 1.38 bits per heavy atom. The quantitative estimate of drug-likeness (QED) is 0.816. The molecule has 1 amide bonds. The van der Waals surface area contributed by atoms with Gasteiger partial charge in [-0.3, -0.25) is 4.79 Å². The third-order valence-corrected chi connectivity index (χ3v) is 2.63. The Hall–Kier alpha value is -0.980. The van der Waals surface area contributed by atoms with Crippen molar-refractivity contribution in [3.8, 4) is 0 Å². The molecule has 0 aromatic carbocycles. The fraction of sp³-hybridized carbons (Fsp3) is 0.400. The lowest BCUT2D eigenvalue weighted by atomic mass is 10.3. The number of rotatable bonds is 5. The topological polar surface area (TPSA) is 73.7 Å². The van der Waals surface area contributed by atoms with Crippen LogP contribution in [0.1, 0.15) is 10.5 Å². The number of carbonyl (C=O) groups is 1. The molecule has 0 aliphatic heterocycles. The van der Waals surface area contributed by atoms with Crippen LogP contribution in [0, 0.1) is 0 Å². The van der Waals surface area contributed by atoms with Gasteiger partial charge in [-0.25, -0.2) is 4.98 Å². The maximum atomic E-state index is 12.0. The predicted molar refractivity (Wildman–Crippen MR) is 62.0 cm³/mol. The molecule has 2 N–H and O–H groups in total. The fourth-order valence-electron chi connectivity index (χ4n) is 1.25. The molecule has 1 aromatic heterocycles. The van der Waals surface area contributed by atoms with Crippen LogP contribution in [-0.4, -0.2) is 52.3 Å². The zero-order valence-corrected chi connectivity index (χ0v) is 10.2. The Balaban J connectivity index is 2.85. The summed E-state index contributed by atoms with van der Waals surface area (Å²) in [5.74, 6) is -0.310. The van der Waals surface area contributed by atoms with Crippen LogP contribution in [0.2, 0.25) is 0 Å². The standard InChI is InChI=1S/C10H13BrN2O3/c11-8-2-1-3-12-9(8)10(16)13(4-6-14)5-7-15/h1-3,14-15H,4-7H2. The van der Waals surface area contributed by atoms with E-state index in [0.29, 0.717) is 4.47 Å². The fourth-order valence-corrected chi connectivity index (χ4v) is 1.67. The molecule has 0 aliphatic rings. The lowest BCUT2D eigenvalue weighted by molar-refractivity contribution is 0.0678. The monoisotopic (exact) mass is 288 g/mol. The van der Waals surface area contributed by atoms with Crippen LogP contribution in [-0.2, 0) is 0 Å². The summed E-state index contributed by atoms with van der Waals surface area (Å²) in [6, 6.07) is 3.43. The van der Waals surface area contributed by atoms with Crippen LogP contribution in [0.4, 0.5) is 0 Å². The van der Waals surface area contributed by atoms with E-state index in [9.17, 15) is 4.79 Å². The molecular weight excluding hydrogens is 276 g/mol. The van der Waals surface area contributed by atoms with E-state index in [1.807, 2.05) is 0 Å². The number of aromatic nitrogens is 1. The number of pyridine rings is 1. The number of aliphatic hydroxyl groups excluding tert-OH is 2. The molecule has 0 atom stereocenters. The molecule has 0 saturated carbocycles. The van der Waals surface area contributed by atoms with Gasteiger partial charge in [-0.15, -0.1) is 0 Å². The molecule has 1 heterocycles. The summed E-state index contributed by atoms with van der Waals surface area (Å²) >= 11 is 3.23. The highest BCUT2D eigenvalue weighted by atomic mass is 79.9. The molecule has 16 heavy (non-hydrogen) atoms. The molecule has 1 aromatic rings. The third kappa shape index (κ3) is 3.26. The van der Waals surface area contributed by atoms with Crippen molar-refractivity contribution in [3.05, 3.63) is 28.5 Å². The van der Waals surface area contributed by atoms with Crippen molar-refractivity contribution in [2.45, 2.75) is 0 Å². The van der Waals surface area contributed by atoms with Gasteiger partial charge in [0.25, 0.3) is 5.91 Å². The largest absolute Gasteiger partial charge is 0.395 e. The molecule has 0 saturated heterocycles. The van der Waals surface area contributed by atoms with Crippen molar-refractivity contribution in [1.29, 1.82) is 0 Å². The van der Waals surface area contributed by atoms with Gasteiger partial charge in [-0.05, 0) is 28.1 Å². The first-order chi connectivity index (χ1) is 7.70. The van der Waals surface area contributed by atoms with Crippen LogP contribution in [0.5, 0.6) is 0 Å². The molecule has 5 nitrogen and oxygen atoms in total. The third-order valence-electron chi connectivity index (χ3n) is 1.99. The number of carbonyl (C=O) groups excluding carboxylic acids is 1. The van der Waals surface area contributed by atoms with Crippen LogP contribution in [0.25, 0.3) is 0 Å².